The predicted octanol–water partition coefficient (Wildman–Crippen LogP) is 5.47. The summed E-state index contributed by atoms with van der Waals surface area (Å²) < 4.78 is 16.6. The van der Waals surface area contributed by atoms with Gasteiger partial charge in [-0.3, -0.25) is 4.79 Å². The second kappa shape index (κ2) is 12.0. The number of carbonyl (C=O) groups is 2. The number of benzene rings is 2. The molecule has 0 aliphatic heterocycles. The van der Waals surface area contributed by atoms with E-state index in [-0.39, 0.29) is 11.5 Å². The molecule has 0 spiro atoms. The number of anilines is 1. The van der Waals surface area contributed by atoms with E-state index in [0.717, 1.165) is 24.8 Å². The lowest BCUT2D eigenvalue weighted by molar-refractivity contribution is -0.111. The summed E-state index contributed by atoms with van der Waals surface area (Å²) in [6.07, 6.45) is 6.29. The van der Waals surface area contributed by atoms with Gasteiger partial charge in [0.15, 0.2) is 11.5 Å². The summed E-state index contributed by atoms with van der Waals surface area (Å²) in [5, 5.41) is 2.70. The Kier molecular flexibility index (Phi) is 9.41. The van der Waals surface area contributed by atoms with Crippen LogP contribution in [0.15, 0.2) is 46.9 Å². The third-order valence-corrected chi connectivity index (χ3v) is 4.76. The normalized spacial score (nSPS) is 10.7. The maximum atomic E-state index is 12.3. The smallest absolute Gasteiger partial charge is 0.340 e. The van der Waals surface area contributed by atoms with E-state index in [1.54, 1.807) is 37.5 Å². The van der Waals surface area contributed by atoms with Crippen molar-refractivity contribution in [2.45, 2.75) is 26.2 Å². The molecule has 2 aromatic rings. The van der Waals surface area contributed by atoms with Gasteiger partial charge in [-0.05, 0) is 48.4 Å². The van der Waals surface area contributed by atoms with Gasteiger partial charge in [-0.25, -0.2) is 4.79 Å². The number of esters is 1. The number of rotatable bonds is 10. The number of halogens is 1. The first-order valence-electron chi connectivity index (χ1n) is 9.66. The van der Waals surface area contributed by atoms with E-state index in [0.29, 0.717) is 28.3 Å². The van der Waals surface area contributed by atoms with Gasteiger partial charge in [0, 0.05) is 10.5 Å². The third-order valence-electron chi connectivity index (χ3n) is 4.27. The van der Waals surface area contributed by atoms with Crippen LogP contribution in [0.3, 0.4) is 0 Å². The molecule has 0 aliphatic rings. The van der Waals surface area contributed by atoms with Crippen molar-refractivity contribution in [2.75, 3.05) is 26.1 Å². The quantitative estimate of drug-likeness (QED) is 0.280. The molecule has 0 heterocycles. The van der Waals surface area contributed by atoms with Gasteiger partial charge in [-0.15, -0.1) is 0 Å². The van der Waals surface area contributed by atoms with Crippen molar-refractivity contribution in [3.05, 3.63) is 58.1 Å². The molecule has 0 atom stereocenters. The van der Waals surface area contributed by atoms with Gasteiger partial charge in [0.2, 0.25) is 5.91 Å². The first-order chi connectivity index (χ1) is 14.5. The Hall–Kier alpha value is -2.80. The largest absolute Gasteiger partial charge is 0.493 e. The molecule has 160 valence electrons. The van der Waals surface area contributed by atoms with Crippen molar-refractivity contribution in [1.82, 2.24) is 0 Å². The van der Waals surface area contributed by atoms with Crippen molar-refractivity contribution < 1.29 is 23.8 Å². The molecule has 0 fully saturated rings. The number of unbranched alkanes of at least 4 members (excludes halogenated alkanes) is 2. The number of hydrogen-bond acceptors (Lipinski definition) is 5. The Morgan fingerprint density at radius 3 is 2.57 bits per heavy atom. The molecule has 0 aromatic heterocycles. The molecule has 7 heteroatoms. The van der Waals surface area contributed by atoms with Crippen LogP contribution in [0.1, 0.15) is 42.1 Å². The lowest BCUT2D eigenvalue weighted by Crippen LogP contribution is -2.13. The van der Waals surface area contributed by atoms with Crippen LogP contribution in [0, 0.1) is 0 Å². The summed E-state index contributed by atoms with van der Waals surface area (Å²) in [7, 11) is 2.87. The minimum atomic E-state index is -0.533. The van der Waals surface area contributed by atoms with Crippen LogP contribution in [0.5, 0.6) is 11.5 Å². The highest BCUT2D eigenvalue weighted by molar-refractivity contribution is 9.10. The molecular formula is C23H26BrNO5. The summed E-state index contributed by atoms with van der Waals surface area (Å²) in [5.41, 5.74) is 1.42. The molecule has 0 radical (unpaired) electrons. The van der Waals surface area contributed by atoms with Gasteiger partial charge >= 0.3 is 5.97 Å². The average Bonchev–Trinajstić information content (AvgIpc) is 2.76. The number of carbonyl (C=O) groups excluding carboxylic acids is 2. The van der Waals surface area contributed by atoms with E-state index in [4.69, 9.17) is 14.2 Å². The molecule has 0 saturated carbocycles. The molecule has 0 unspecified atom stereocenters. The highest BCUT2D eigenvalue weighted by Gasteiger charge is 2.13. The van der Waals surface area contributed by atoms with Gasteiger partial charge in [0.05, 0.1) is 32.1 Å². The maximum absolute atomic E-state index is 12.3. The zero-order valence-corrected chi connectivity index (χ0v) is 19.0. The zero-order valence-electron chi connectivity index (χ0n) is 17.4. The maximum Gasteiger partial charge on any atom is 0.340 e. The zero-order chi connectivity index (χ0) is 21.9. The lowest BCUT2D eigenvalue weighted by Gasteiger charge is -2.11. The van der Waals surface area contributed by atoms with Crippen molar-refractivity contribution in [1.29, 1.82) is 0 Å². The molecular weight excluding hydrogens is 450 g/mol. The topological polar surface area (TPSA) is 73.9 Å². The fraction of sp³-hybridized carbons (Fsp3) is 0.304. The summed E-state index contributed by atoms with van der Waals surface area (Å²) in [6, 6.07) is 10.4. The molecule has 1 N–H and O–H groups in total. The van der Waals surface area contributed by atoms with Crippen molar-refractivity contribution >= 4 is 39.6 Å². The Balaban J connectivity index is 2.07. The van der Waals surface area contributed by atoms with Crippen LogP contribution in [0.4, 0.5) is 5.69 Å². The Morgan fingerprint density at radius 1 is 1.07 bits per heavy atom. The van der Waals surface area contributed by atoms with Crippen molar-refractivity contribution in [2.24, 2.45) is 0 Å². The lowest BCUT2D eigenvalue weighted by atomic mass is 10.1. The molecule has 1 amide bonds. The van der Waals surface area contributed by atoms with E-state index in [1.165, 1.54) is 13.2 Å². The number of amides is 1. The van der Waals surface area contributed by atoms with E-state index in [1.807, 2.05) is 12.1 Å². The van der Waals surface area contributed by atoms with Gasteiger partial charge in [0.25, 0.3) is 0 Å². The third kappa shape index (κ3) is 6.91. The Bertz CT molecular complexity index is 910. The van der Waals surface area contributed by atoms with Crippen LogP contribution in [-0.2, 0) is 9.53 Å². The van der Waals surface area contributed by atoms with Crippen molar-refractivity contribution in [3.63, 3.8) is 0 Å². The predicted molar refractivity (Wildman–Crippen MR) is 121 cm³/mol. The second-order valence-electron chi connectivity index (χ2n) is 6.47. The molecule has 6 nitrogen and oxygen atoms in total. The van der Waals surface area contributed by atoms with Gasteiger partial charge in [0.1, 0.15) is 0 Å². The number of ether oxygens (including phenoxy) is 3. The Labute approximate surface area is 185 Å². The highest BCUT2D eigenvalue weighted by atomic mass is 79.9. The molecule has 2 rings (SSSR count). The van der Waals surface area contributed by atoms with E-state index < -0.39 is 5.97 Å². The van der Waals surface area contributed by atoms with Crippen LogP contribution >= 0.6 is 15.9 Å². The average molecular weight is 476 g/mol. The molecule has 30 heavy (non-hydrogen) atoms. The fourth-order valence-electron chi connectivity index (χ4n) is 2.69. The summed E-state index contributed by atoms with van der Waals surface area (Å²) in [6.45, 7) is 2.78. The Morgan fingerprint density at radius 2 is 1.87 bits per heavy atom. The van der Waals surface area contributed by atoms with E-state index in [9.17, 15) is 9.59 Å². The summed E-state index contributed by atoms with van der Waals surface area (Å²) >= 11 is 3.31. The van der Waals surface area contributed by atoms with Gasteiger partial charge < -0.3 is 19.5 Å². The minimum Gasteiger partial charge on any atom is -0.493 e. The standard InChI is InChI=1S/C23H26BrNO5/c1-4-5-6-13-30-20-11-7-16(14-21(20)28-2)8-12-22(26)25-19-10-9-17(24)15-18(19)23(27)29-3/h7-12,14-15H,4-6,13H2,1-3H3,(H,25,26)/b12-8+. The minimum absolute atomic E-state index is 0.264. The van der Waals surface area contributed by atoms with Crippen LogP contribution in [0.2, 0.25) is 0 Å². The first kappa shape index (κ1) is 23.5. The highest BCUT2D eigenvalue weighted by Crippen LogP contribution is 2.29. The van der Waals surface area contributed by atoms with Crippen LogP contribution in [-0.4, -0.2) is 32.7 Å². The van der Waals surface area contributed by atoms with Crippen LogP contribution in [0.25, 0.3) is 6.08 Å². The van der Waals surface area contributed by atoms with Crippen molar-refractivity contribution in [3.8, 4) is 11.5 Å². The van der Waals surface area contributed by atoms with Gasteiger partial charge in [-0.2, -0.15) is 0 Å². The van der Waals surface area contributed by atoms with E-state index in [2.05, 4.69) is 28.2 Å². The number of methoxy groups -OCH3 is 2. The molecule has 0 bridgehead atoms. The summed E-state index contributed by atoms with van der Waals surface area (Å²) in [4.78, 5) is 24.3. The molecule has 0 aliphatic carbocycles. The van der Waals surface area contributed by atoms with E-state index >= 15 is 0 Å². The van der Waals surface area contributed by atoms with Gasteiger partial charge in [-0.1, -0.05) is 41.8 Å². The second-order valence-corrected chi connectivity index (χ2v) is 7.39. The fourth-order valence-corrected chi connectivity index (χ4v) is 3.05. The first-order valence-corrected chi connectivity index (χ1v) is 10.5. The monoisotopic (exact) mass is 475 g/mol. The SMILES string of the molecule is CCCCCOc1ccc(/C=C/C(=O)Nc2ccc(Br)cc2C(=O)OC)cc1OC. The number of nitrogens with one attached hydrogen (secondary N) is 1. The van der Waals surface area contributed by atoms with Crippen LogP contribution < -0.4 is 14.8 Å². The number of hydrogen-bond donors (Lipinski definition) is 1. The molecule has 0 saturated heterocycles. The summed E-state index contributed by atoms with van der Waals surface area (Å²) in [5.74, 6) is 0.374. The molecule has 2 aromatic carbocycles.